The highest BCUT2D eigenvalue weighted by Crippen LogP contribution is 2.65. The van der Waals surface area contributed by atoms with Crippen LogP contribution in [0.5, 0.6) is 0 Å². The molecule has 5 aliphatic rings. The zero-order chi connectivity index (χ0) is 18.9. The molecule has 1 saturated heterocycles. The molecule has 6 atom stereocenters. The third kappa shape index (κ3) is 2.47. The molecule has 5 nitrogen and oxygen atoms in total. The van der Waals surface area contributed by atoms with Crippen LogP contribution in [0.25, 0.3) is 0 Å². The third-order valence-electron chi connectivity index (χ3n) is 6.97. The molecule has 2 bridgehead atoms. The minimum atomic E-state index is -0.182. The van der Waals surface area contributed by atoms with E-state index in [-0.39, 0.29) is 54.4 Å². The summed E-state index contributed by atoms with van der Waals surface area (Å²) in [6, 6.07) is 5.86. The van der Waals surface area contributed by atoms with Crippen LogP contribution in [-0.4, -0.2) is 29.2 Å². The van der Waals surface area contributed by atoms with Gasteiger partial charge in [0.1, 0.15) is 0 Å². The van der Waals surface area contributed by atoms with Gasteiger partial charge in [0.15, 0.2) is 0 Å². The number of hydrogen-bond acceptors (Lipinski definition) is 3. The van der Waals surface area contributed by atoms with E-state index >= 15 is 0 Å². The minimum Gasteiger partial charge on any atom is -0.326 e. The smallest absolute Gasteiger partial charge is 0.233 e. The van der Waals surface area contributed by atoms with Gasteiger partial charge in [-0.15, -0.1) is 0 Å². The van der Waals surface area contributed by atoms with Crippen LogP contribution in [0.3, 0.4) is 0 Å². The van der Waals surface area contributed by atoms with Crippen LogP contribution >= 0.6 is 0 Å². The maximum atomic E-state index is 12.9. The van der Waals surface area contributed by atoms with Crippen LogP contribution in [0, 0.1) is 49.4 Å². The highest BCUT2D eigenvalue weighted by atomic mass is 16.2. The molecule has 1 aliphatic heterocycles. The molecule has 6 rings (SSSR count). The Balaban J connectivity index is 1.25. The molecule has 1 aromatic carbocycles. The van der Waals surface area contributed by atoms with E-state index in [1.165, 1.54) is 4.90 Å². The van der Waals surface area contributed by atoms with Crippen LogP contribution < -0.4 is 5.32 Å². The van der Waals surface area contributed by atoms with Gasteiger partial charge in [0.25, 0.3) is 0 Å². The summed E-state index contributed by atoms with van der Waals surface area (Å²) < 4.78 is 0. The summed E-state index contributed by atoms with van der Waals surface area (Å²) in [6.07, 6.45) is 5.64. The molecule has 3 amide bonds. The number of carbonyl (C=O) groups excluding carboxylic acids is 3. The number of hydrogen-bond donors (Lipinski definition) is 1. The minimum absolute atomic E-state index is 0.0611. The summed E-state index contributed by atoms with van der Waals surface area (Å²) in [4.78, 5) is 39.5. The Morgan fingerprint density at radius 1 is 1.07 bits per heavy atom. The first kappa shape index (κ1) is 16.7. The van der Waals surface area contributed by atoms with Crippen LogP contribution in [0.2, 0.25) is 0 Å². The average molecular weight is 364 g/mol. The Bertz CT molecular complexity index is 854. The number of imide groups is 1. The van der Waals surface area contributed by atoms with Crippen molar-refractivity contribution in [2.24, 2.45) is 35.5 Å². The number of aryl methyl sites for hydroxylation is 2. The molecule has 140 valence electrons. The van der Waals surface area contributed by atoms with Crippen molar-refractivity contribution in [1.82, 2.24) is 4.90 Å². The van der Waals surface area contributed by atoms with E-state index in [2.05, 4.69) is 17.5 Å². The van der Waals surface area contributed by atoms with E-state index in [9.17, 15) is 14.4 Å². The fourth-order valence-electron chi connectivity index (χ4n) is 5.62. The molecular formula is C22H24N2O3. The van der Waals surface area contributed by atoms with Gasteiger partial charge in [-0.3, -0.25) is 19.3 Å². The van der Waals surface area contributed by atoms with Crippen molar-refractivity contribution in [1.29, 1.82) is 0 Å². The number of allylic oxidation sites excluding steroid dienone is 2. The first-order chi connectivity index (χ1) is 13.0. The zero-order valence-corrected chi connectivity index (χ0v) is 15.6. The topological polar surface area (TPSA) is 66.5 Å². The standard InChI is InChI=1S/C22H24N2O3/c1-11-3-6-17(12(2)9-11)23-18(25)7-8-24-21(26)19-13-4-5-14(16-10-15(13)16)20(19)22(24)27/h3-6,9,13-16,19-20H,7-8,10H2,1-2H3,(H,23,25)/t13-,14-,15-,16-,19+,20+/m0/s1. The van der Waals surface area contributed by atoms with Gasteiger partial charge in [0.2, 0.25) is 17.7 Å². The quantitative estimate of drug-likeness (QED) is 0.660. The molecule has 1 aromatic rings. The lowest BCUT2D eigenvalue weighted by Crippen LogP contribution is -2.40. The van der Waals surface area contributed by atoms with Gasteiger partial charge in [-0.25, -0.2) is 0 Å². The lowest BCUT2D eigenvalue weighted by molar-refractivity contribution is -0.140. The van der Waals surface area contributed by atoms with Crippen LogP contribution in [0.15, 0.2) is 30.4 Å². The predicted octanol–water partition coefficient (Wildman–Crippen LogP) is 2.69. The molecule has 1 N–H and O–H groups in total. The van der Waals surface area contributed by atoms with Gasteiger partial charge in [-0.1, -0.05) is 29.8 Å². The van der Waals surface area contributed by atoms with Gasteiger partial charge in [-0.2, -0.15) is 0 Å². The Labute approximate surface area is 158 Å². The van der Waals surface area contributed by atoms with Crippen molar-refractivity contribution >= 4 is 23.4 Å². The number of benzene rings is 1. The van der Waals surface area contributed by atoms with Crippen molar-refractivity contribution in [3.8, 4) is 0 Å². The Hall–Kier alpha value is -2.43. The molecule has 2 saturated carbocycles. The van der Waals surface area contributed by atoms with Crippen molar-refractivity contribution < 1.29 is 14.4 Å². The van der Waals surface area contributed by atoms with Crippen LogP contribution in [0.4, 0.5) is 5.69 Å². The highest BCUT2D eigenvalue weighted by molar-refractivity contribution is 6.06. The van der Waals surface area contributed by atoms with Crippen LogP contribution in [-0.2, 0) is 14.4 Å². The number of nitrogens with one attached hydrogen (secondary N) is 1. The molecule has 5 heteroatoms. The Morgan fingerprint density at radius 2 is 1.70 bits per heavy atom. The summed E-state index contributed by atoms with van der Waals surface area (Å²) in [6.45, 7) is 4.14. The molecule has 1 heterocycles. The van der Waals surface area contributed by atoms with Crippen molar-refractivity contribution in [3.05, 3.63) is 41.5 Å². The summed E-state index contributed by atoms with van der Waals surface area (Å²) in [5.41, 5.74) is 2.92. The number of anilines is 1. The lowest BCUT2D eigenvalue weighted by Gasteiger charge is -2.37. The maximum absolute atomic E-state index is 12.9. The monoisotopic (exact) mass is 364 g/mol. The summed E-state index contributed by atoms with van der Waals surface area (Å²) >= 11 is 0. The average Bonchev–Trinajstić information content (AvgIpc) is 3.41. The van der Waals surface area contributed by atoms with E-state index in [4.69, 9.17) is 0 Å². The van der Waals surface area contributed by atoms with Gasteiger partial charge < -0.3 is 5.32 Å². The largest absolute Gasteiger partial charge is 0.326 e. The summed E-state index contributed by atoms with van der Waals surface area (Å²) in [5.74, 6) is 1.02. The van der Waals surface area contributed by atoms with E-state index in [1.54, 1.807) is 0 Å². The number of amides is 3. The van der Waals surface area contributed by atoms with E-state index in [0.29, 0.717) is 11.8 Å². The number of likely N-dealkylation sites (tertiary alicyclic amines) is 1. The second-order valence-corrected chi connectivity index (χ2v) is 8.60. The molecule has 0 aromatic heterocycles. The molecule has 4 aliphatic carbocycles. The second kappa shape index (κ2) is 5.78. The third-order valence-corrected chi connectivity index (χ3v) is 6.97. The van der Waals surface area contributed by atoms with E-state index in [1.807, 2.05) is 32.0 Å². The van der Waals surface area contributed by atoms with Gasteiger partial charge in [0.05, 0.1) is 11.8 Å². The first-order valence-corrected chi connectivity index (χ1v) is 9.86. The predicted molar refractivity (Wildman–Crippen MR) is 101 cm³/mol. The normalized spacial score (nSPS) is 35.3. The van der Waals surface area contributed by atoms with E-state index in [0.717, 1.165) is 23.2 Å². The van der Waals surface area contributed by atoms with Crippen molar-refractivity contribution in [3.63, 3.8) is 0 Å². The lowest BCUT2D eigenvalue weighted by atomic mass is 9.63. The van der Waals surface area contributed by atoms with E-state index < -0.39 is 0 Å². The fraction of sp³-hybridized carbons (Fsp3) is 0.500. The number of rotatable bonds is 4. The SMILES string of the molecule is Cc1ccc(NC(=O)CCN2C(=O)[C@@H]3[C@H]4C=C[C@@H]([C@@H]5C[C@@H]45)[C@H]3C2=O)c(C)c1. The Morgan fingerprint density at radius 3 is 2.30 bits per heavy atom. The molecule has 0 spiro atoms. The molecule has 27 heavy (non-hydrogen) atoms. The fourth-order valence-corrected chi connectivity index (χ4v) is 5.62. The Kier molecular flexibility index (Phi) is 3.58. The highest BCUT2D eigenvalue weighted by Gasteiger charge is 2.66. The maximum Gasteiger partial charge on any atom is 0.233 e. The molecule has 3 fully saturated rings. The van der Waals surface area contributed by atoms with Gasteiger partial charge in [0, 0.05) is 18.7 Å². The van der Waals surface area contributed by atoms with Crippen molar-refractivity contribution in [2.75, 3.05) is 11.9 Å². The van der Waals surface area contributed by atoms with Gasteiger partial charge in [-0.05, 0) is 55.6 Å². The van der Waals surface area contributed by atoms with Crippen molar-refractivity contribution in [2.45, 2.75) is 26.7 Å². The summed E-state index contributed by atoms with van der Waals surface area (Å²) in [7, 11) is 0. The number of carbonyl (C=O) groups is 3. The molecule has 0 radical (unpaired) electrons. The zero-order valence-electron chi connectivity index (χ0n) is 15.6. The summed E-state index contributed by atoms with van der Waals surface area (Å²) in [5, 5.41) is 2.90. The van der Waals surface area contributed by atoms with Crippen LogP contribution in [0.1, 0.15) is 24.0 Å². The second-order valence-electron chi connectivity index (χ2n) is 8.60. The van der Waals surface area contributed by atoms with Gasteiger partial charge >= 0.3 is 0 Å². The molecule has 0 unspecified atom stereocenters. The molecular weight excluding hydrogens is 340 g/mol. The first-order valence-electron chi connectivity index (χ1n) is 9.86. The number of nitrogens with zero attached hydrogens (tertiary/aromatic N) is 1.